The number of rotatable bonds is 6. The summed E-state index contributed by atoms with van der Waals surface area (Å²) in [5.74, 6) is 1.91. The molecule has 1 saturated heterocycles. The highest BCUT2D eigenvalue weighted by Crippen LogP contribution is 2.20. The van der Waals surface area contributed by atoms with Crippen molar-refractivity contribution >= 4 is 5.96 Å². The Morgan fingerprint density at radius 2 is 1.89 bits per heavy atom. The molecule has 2 fully saturated rings. The molecule has 110 valence electrons. The van der Waals surface area contributed by atoms with E-state index in [9.17, 15) is 0 Å². The molecule has 2 rings (SSSR count). The summed E-state index contributed by atoms with van der Waals surface area (Å²) in [7, 11) is 0. The number of hydrogen-bond acceptors (Lipinski definition) is 2. The average molecular weight is 266 g/mol. The van der Waals surface area contributed by atoms with Gasteiger partial charge in [-0.2, -0.15) is 0 Å². The van der Waals surface area contributed by atoms with E-state index in [1.165, 1.54) is 51.7 Å². The van der Waals surface area contributed by atoms with Gasteiger partial charge in [-0.3, -0.25) is 4.99 Å². The van der Waals surface area contributed by atoms with E-state index in [0.717, 1.165) is 25.0 Å². The summed E-state index contributed by atoms with van der Waals surface area (Å²) >= 11 is 0. The lowest BCUT2D eigenvalue weighted by Gasteiger charge is -2.30. The van der Waals surface area contributed by atoms with Crippen molar-refractivity contribution in [3.05, 3.63) is 0 Å². The van der Waals surface area contributed by atoms with E-state index in [-0.39, 0.29) is 0 Å². The Labute approximate surface area is 118 Å². The fourth-order valence-corrected chi connectivity index (χ4v) is 2.69. The van der Waals surface area contributed by atoms with Gasteiger partial charge in [0.2, 0.25) is 0 Å². The van der Waals surface area contributed by atoms with Gasteiger partial charge in [0.05, 0.1) is 0 Å². The van der Waals surface area contributed by atoms with Crippen LogP contribution < -0.4 is 10.6 Å². The number of aliphatic imine (C=N–C) groups is 1. The molecule has 0 aromatic carbocycles. The maximum absolute atomic E-state index is 4.71. The molecule has 0 bridgehead atoms. The predicted molar refractivity (Wildman–Crippen MR) is 81.6 cm³/mol. The highest BCUT2D eigenvalue weighted by Gasteiger charge is 2.22. The zero-order valence-corrected chi connectivity index (χ0v) is 12.6. The molecule has 1 heterocycles. The first kappa shape index (κ1) is 14.6. The summed E-state index contributed by atoms with van der Waals surface area (Å²) < 4.78 is 0. The largest absolute Gasteiger partial charge is 0.357 e. The second-order valence-corrected chi connectivity index (χ2v) is 5.85. The van der Waals surface area contributed by atoms with E-state index in [2.05, 4.69) is 29.4 Å². The van der Waals surface area contributed by atoms with Crippen molar-refractivity contribution in [3.8, 4) is 0 Å². The first-order valence-electron chi connectivity index (χ1n) is 8.09. The van der Waals surface area contributed by atoms with Gasteiger partial charge < -0.3 is 15.5 Å². The third-order valence-corrected chi connectivity index (χ3v) is 4.22. The van der Waals surface area contributed by atoms with Gasteiger partial charge in [0.1, 0.15) is 0 Å². The van der Waals surface area contributed by atoms with E-state index in [1.807, 2.05) is 0 Å². The van der Waals surface area contributed by atoms with Crippen molar-refractivity contribution in [2.75, 3.05) is 32.7 Å². The molecule has 0 aromatic heterocycles. The maximum atomic E-state index is 4.71. The van der Waals surface area contributed by atoms with Gasteiger partial charge in [-0.25, -0.2) is 0 Å². The number of nitrogens with one attached hydrogen (secondary N) is 2. The third kappa shape index (κ3) is 5.39. The van der Waals surface area contributed by atoms with Crippen molar-refractivity contribution < 1.29 is 0 Å². The topological polar surface area (TPSA) is 39.7 Å². The predicted octanol–water partition coefficient (Wildman–Crippen LogP) is 1.83. The summed E-state index contributed by atoms with van der Waals surface area (Å²) in [6.07, 6.45) is 6.57. The third-order valence-electron chi connectivity index (χ3n) is 4.22. The lowest BCUT2D eigenvalue weighted by atomic mass is 9.94. The number of nitrogens with zero attached hydrogens (tertiary/aromatic N) is 2. The molecule has 1 aliphatic carbocycles. The first-order chi connectivity index (χ1) is 9.31. The van der Waals surface area contributed by atoms with Gasteiger partial charge in [0, 0.05) is 19.1 Å². The molecule has 1 aliphatic heterocycles. The zero-order chi connectivity index (χ0) is 13.5. The molecule has 0 unspecified atom stereocenters. The normalized spacial score (nSPS) is 22.5. The van der Waals surface area contributed by atoms with Crippen molar-refractivity contribution in [1.29, 1.82) is 0 Å². The quantitative estimate of drug-likeness (QED) is 0.569. The van der Waals surface area contributed by atoms with Crippen LogP contribution in [0.4, 0.5) is 0 Å². The smallest absolute Gasteiger partial charge is 0.191 e. The Bertz CT molecular complexity index is 278. The Morgan fingerprint density at radius 3 is 2.47 bits per heavy atom. The minimum Gasteiger partial charge on any atom is -0.357 e. The van der Waals surface area contributed by atoms with E-state index in [1.54, 1.807) is 0 Å². The molecule has 0 spiro atoms. The summed E-state index contributed by atoms with van der Waals surface area (Å²) in [6.45, 7) is 10.1. The van der Waals surface area contributed by atoms with E-state index < -0.39 is 0 Å². The highest BCUT2D eigenvalue weighted by molar-refractivity contribution is 5.80. The van der Waals surface area contributed by atoms with Crippen molar-refractivity contribution in [3.63, 3.8) is 0 Å². The molecular weight excluding hydrogens is 236 g/mol. The molecule has 4 nitrogen and oxygen atoms in total. The molecule has 19 heavy (non-hydrogen) atoms. The molecule has 2 N–H and O–H groups in total. The SMILES string of the molecule is CCNC(=NCCC1CCN(CC)CC1)NC1CC1. The van der Waals surface area contributed by atoms with Crippen LogP contribution in [0.15, 0.2) is 4.99 Å². The van der Waals surface area contributed by atoms with Gasteiger partial charge in [-0.05, 0) is 64.6 Å². The molecule has 4 heteroatoms. The molecule has 0 radical (unpaired) electrons. The molecule has 0 aromatic rings. The van der Waals surface area contributed by atoms with Crippen LogP contribution in [-0.4, -0.2) is 49.6 Å². The molecule has 2 aliphatic rings. The first-order valence-corrected chi connectivity index (χ1v) is 8.09. The van der Waals surface area contributed by atoms with Crippen molar-refractivity contribution in [2.45, 2.75) is 52.0 Å². The lowest BCUT2D eigenvalue weighted by molar-refractivity contribution is 0.188. The zero-order valence-electron chi connectivity index (χ0n) is 12.6. The van der Waals surface area contributed by atoms with E-state index in [4.69, 9.17) is 4.99 Å². The Balaban J connectivity index is 1.65. The van der Waals surface area contributed by atoms with Crippen LogP contribution in [-0.2, 0) is 0 Å². The van der Waals surface area contributed by atoms with Gasteiger partial charge in [-0.15, -0.1) is 0 Å². The minimum absolute atomic E-state index is 0.686. The van der Waals surface area contributed by atoms with Gasteiger partial charge in [0.15, 0.2) is 5.96 Å². The van der Waals surface area contributed by atoms with Crippen molar-refractivity contribution in [1.82, 2.24) is 15.5 Å². The Kier molecular flexibility index (Phi) is 5.95. The molecule has 1 saturated carbocycles. The lowest BCUT2D eigenvalue weighted by Crippen LogP contribution is -2.38. The van der Waals surface area contributed by atoms with Crippen LogP contribution >= 0.6 is 0 Å². The van der Waals surface area contributed by atoms with Crippen LogP contribution in [0.25, 0.3) is 0 Å². The highest BCUT2D eigenvalue weighted by atomic mass is 15.2. The molecule has 0 amide bonds. The average Bonchev–Trinajstić information content (AvgIpc) is 3.24. The summed E-state index contributed by atoms with van der Waals surface area (Å²) in [4.78, 5) is 7.26. The van der Waals surface area contributed by atoms with E-state index in [0.29, 0.717) is 6.04 Å². The van der Waals surface area contributed by atoms with Crippen LogP contribution in [0.2, 0.25) is 0 Å². The van der Waals surface area contributed by atoms with Crippen LogP contribution in [0.1, 0.15) is 46.0 Å². The van der Waals surface area contributed by atoms with Gasteiger partial charge >= 0.3 is 0 Å². The monoisotopic (exact) mass is 266 g/mol. The fraction of sp³-hybridized carbons (Fsp3) is 0.933. The maximum Gasteiger partial charge on any atom is 0.191 e. The number of guanidine groups is 1. The number of hydrogen-bond donors (Lipinski definition) is 2. The van der Waals surface area contributed by atoms with Crippen LogP contribution in [0.3, 0.4) is 0 Å². The molecular formula is C15H30N4. The van der Waals surface area contributed by atoms with Gasteiger partial charge in [0.25, 0.3) is 0 Å². The van der Waals surface area contributed by atoms with Crippen LogP contribution in [0, 0.1) is 5.92 Å². The van der Waals surface area contributed by atoms with Crippen LogP contribution in [0.5, 0.6) is 0 Å². The summed E-state index contributed by atoms with van der Waals surface area (Å²) in [6, 6.07) is 0.686. The second-order valence-electron chi connectivity index (χ2n) is 5.85. The standard InChI is InChI=1S/C15H30N4/c1-3-16-15(18-14-5-6-14)17-10-7-13-8-11-19(4-2)12-9-13/h13-14H,3-12H2,1-2H3,(H2,16,17,18). The number of likely N-dealkylation sites (tertiary alicyclic amines) is 1. The Hall–Kier alpha value is -0.770. The Morgan fingerprint density at radius 1 is 1.16 bits per heavy atom. The van der Waals surface area contributed by atoms with Crippen molar-refractivity contribution in [2.24, 2.45) is 10.9 Å². The van der Waals surface area contributed by atoms with E-state index >= 15 is 0 Å². The van der Waals surface area contributed by atoms with Gasteiger partial charge in [-0.1, -0.05) is 6.92 Å². The summed E-state index contributed by atoms with van der Waals surface area (Å²) in [5.41, 5.74) is 0. The minimum atomic E-state index is 0.686. The second kappa shape index (κ2) is 7.73. The fourth-order valence-electron chi connectivity index (χ4n) is 2.69. The number of piperidine rings is 1. The molecule has 0 atom stereocenters. The summed E-state index contributed by atoms with van der Waals surface area (Å²) in [5, 5.41) is 6.81.